The first-order chi connectivity index (χ1) is 16.3. The number of carbonyl (C=O) groups is 1. The van der Waals surface area contributed by atoms with Crippen molar-refractivity contribution < 1.29 is 13.2 Å². The number of sulfonamides is 1. The lowest BCUT2D eigenvalue weighted by molar-refractivity contribution is -0.128. The Hall–Kier alpha value is -2.13. The van der Waals surface area contributed by atoms with Crippen molar-refractivity contribution in [1.82, 2.24) is 14.5 Å². The molecule has 4 rings (SSSR count). The van der Waals surface area contributed by atoms with Crippen molar-refractivity contribution in [2.45, 2.75) is 43.7 Å². The van der Waals surface area contributed by atoms with Crippen LogP contribution in [0.1, 0.15) is 36.8 Å². The van der Waals surface area contributed by atoms with Crippen LogP contribution in [-0.4, -0.2) is 57.4 Å². The molecule has 1 unspecified atom stereocenters. The molecule has 2 aliphatic heterocycles. The van der Waals surface area contributed by atoms with E-state index in [4.69, 9.17) is 11.6 Å². The lowest BCUT2D eigenvalue weighted by Gasteiger charge is -2.29. The van der Waals surface area contributed by atoms with Gasteiger partial charge in [-0.1, -0.05) is 35.9 Å². The van der Waals surface area contributed by atoms with Crippen molar-refractivity contribution in [3.05, 3.63) is 58.6 Å². The highest BCUT2D eigenvalue weighted by Crippen LogP contribution is 2.27. The van der Waals surface area contributed by atoms with Gasteiger partial charge in [-0.2, -0.15) is 0 Å². The minimum atomic E-state index is -3.63. The molecule has 2 aliphatic rings. The van der Waals surface area contributed by atoms with Gasteiger partial charge in [0.05, 0.1) is 15.6 Å². The Labute approximate surface area is 207 Å². The summed E-state index contributed by atoms with van der Waals surface area (Å²) in [5.41, 5.74) is 2.84. The molecule has 0 aromatic heterocycles. The predicted octanol–water partition coefficient (Wildman–Crippen LogP) is 3.69. The monoisotopic (exact) mass is 504 g/mol. The van der Waals surface area contributed by atoms with Gasteiger partial charge in [0.1, 0.15) is 0 Å². The number of hydrogen-bond acceptors (Lipinski definition) is 5. The van der Waals surface area contributed by atoms with E-state index in [0.717, 1.165) is 50.0 Å². The molecule has 2 heterocycles. The molecule has 2 N–H and O–H groups in total. The average molecular weight is 505 g/mol. The van der Waals surface area contributed by atoms with Gasteiger partial charge in [0.2, 0.25) is 15.9 Å². The van der Waals surface area contributed by atoms with E-state index >= 15 is 0 Å². The summed E-state index contributed by atoms with van der Waals surface area (Å²) in [6, 6.07) is 12.8. The molecule has 2 saturated heterocycles. The lowest BCUT2D eigenvalue weighted by Crippen LogP contribution is -2.39. The molecule has 0 saturated carbocycles. The first kappa shape index (κ1) is 25.0. The third-order valence-electron chi connectivity index (χ3n) is 6.66. The Bertz CT molecular complexity index is 1120. The summed E-state index contributed by atoms with van der Waals surface area (Å²) < 4.78 is 28.3. The third kappa shape index (κ3) is 6.30. The Morgan fingerprint density at radius 1 is 1.09 bits per heavy atom. The van der Waals surface area contributed by atoms with Gasteiger partial charge in [0, 0.05) is 39.1 Å². The maximum atomic E-state index is 12.8. The highest BCUT2D eigenvalue weighted by molar-refractivity contribution is 7.89. The number of nitrogens with zero attached hydrogens (tertiary/aromatic N) is 2. The van der Waals surface area contributed by atoms with Crippen LogP contribution < -0.4 is 10.0 Å². The fraction of sp³-hybridized carbons (Fsp3) is 0.480. The van der Waals surface area contributed by atoms with Crippen LogP contribution in [0.5, 0.6) is 0 Å². The topological polar surface area (TPSA) is 81.8 Å². The van der Waals surface area contributed by atoms with E-state index in [1.807, 2.05) is 29.2 Å². The van der Waals surface area contributed by atoms with Gasteiger partial charge in [0.15, 0.2) is 0 Å². The molecule has 184 valence electrons. The fourth-order valence-corrected chi connectivity index (χ4v) is 6.16. The zero-order chi connectivity index (χ0) is 24.1. The molecule has 0 bridgehead atoms. The molecule has 2 aromatic rings. The minimum Gasteiger partial charge on any atom is -0.380 e. The summed E-state index contributed by atoms with van der Waals surface area (Å²) in [6.07, 6.45) is 3.66. The molecule has 0 spiro atoms. The highest BCUT2D eigenvalue weighted by atomic mass is 35.5. The van der Waals surface area contributed by atoms with Crippen LogP contribution in [0.4, 0.5) is 5.69 Å². The minimum absolute atomic E-state index is 0.167. The second-order valence-corrected chi connectivity index (χ2v) is 11.5. The molecule has 34 heavy (non-hydrogen) atoms. The number of hydrogen-bond donors (Lipinski definition) is 2. The number of rotatable bonds is 9. The normalized spacial score (nSPS) is 19.5. The van der Waals surface area contributed by atoms with E-state index in [2.05, 4.69) is 22.0 Å². The smallest absolute Gasteiger partial charge is 0.240 e. The lowest BCUT2D eigenvalue weighted by atomic mass is 9.99. The summed E-state index contributed by atoms with van der Waals surface area (Å²) in [6.45, 7) is 4.32. The third-order valence-corrected chi connectivity index (χ3v) is 8.39. The van der Waals surface area contributed by atoms with E-state index in [9.17, 15) is 13.2 Å². The van der Waals surface area contributed by atoms with Gasteiger partial charge in [-0.25, -0.2) is 13.1 Å². The zero-order valence-corrected chi connectivity index (χ0v) is 21.2. The van der Waals surface area contributed by atoms with E-state index < -0.39 is 10.0 Å². The van der Waals surface area contributed by atoms with Crippen molar-refractivity contribution in [3.8, 4) is 0 Å². The Morgan fingerprint density at radius 3 is 2.59 bits per heavy atom. The van der Waals surface area contributed by atoms with Gasteiger partial charge < -0.3 is 15.1 Å². The SMILES string of the molecule is CN1CCCC(CNS(=O)(=O)c2ccc(NCc3ccccc3CN3CCCC3=O)c(Cl)c2)C1. The van der Waals surface area contributed by atoms with Gasteiger partial charge in [-0.3, -0.25) is 4.79 Å². The molecular weight excluding hydrogens is 472 g/mol. The quantitative estimate of drug-likeness (QED) is 0.544. The Kier molecular flexibility index (Phi) is 8.14. The number of nitrogens with one attached hydrogen (secondary N) is 2. The van der Waals surface area contributed by atoms with Crippen LogP contribution in [0.25, 0.3) is 0 Å². The number of benzene rings is 2. The maximum Gasteiger partial charge on any atom is 0.240 e. The summed E-state index contributed by atoms with van der Waals surface area (Å²) in [5.74, 6) is 0.521. The maximum absolute atomic E-state index is 12.8. The molecule has 7 nitrogen and oxygen atoms in total. The molecule has 0 aliphatic carbocycles. The number of carbonyl (C=O) groups excluding carboxylic acids is 1. The summed E-state index contributed by atoms with van der Waals surface area (Å²) in [7, 11) is -1.56. The molecule has 0 radical (unpaired) electrons. The van der Waals surface area contributed by atoms with Crippen molar-refractivity contribution in [2.24, 2.45) is 5.92 Å². The van der Waals surface area contributed by atoms with E-state index in [-0.39, 0.29) is 10.8 Å². The van der Waals surface area contributed by atoms with Gasteiger partial charge in [-0.05, 0) is 68.1 Å². The fourth-order valence-electron chi connectivity index (χ4n) is 4.71. The molecule has 9 heteroatoms. The summed E-state index contributed by atoms with van der Waals surface area (Å²) >= 11 is 6.45. The first-order valence-electron chi connectivity index (χ1n) is 11.9. The molecular formula is C25H33ClN4O3S. The van der Waals surface area contributed by atoms with Crippen LogP contribution >= 0.6 is 11.6 Å². The summed E-state index contributed by atoms with van der Waals surface area (Å²) in [4.78, 5) is 16.3. The van der Waals surface area contributed by atoms with E-state index in [1.54, 1.807) is 12.1 Å². The molecule has 1 atom stereocenters. The van der Waals surface area contributed by atoms with Gasteiger partial charge in [0.25, 0.3) is 0 Å². The van der Waals surface area contributed by atoms with Crippen LogP contribution in [0.2, 0.25) is 5.02 Å². The van der Waals surface area contributed by atoms with Crippen LogP contribution in [-0.2, 0) is 27.9 Å². The van der Waals surface area contributed by atoms with E-state index in [0.29, 0.717) is 42.7 Å². The summed E-state index contributed by atoms with van der Waals surface area (Å²) in [5, 5.41) is 3.67. The number of halogens is 1. The Morgan fingerprint density at radius 2 is 1.88 bits per heavy atom. The first-order valence-corrected chi connectivity index (χ1v) is 13.7. The molecule has 2 fully saturated rings. The van der Waals surface area contributed by atoms with Crippen molar-refractivity contribution in [2.75, 3.05) is 38.5 Å². The van der Waals surface area contributed by atoms with Crippen molar-refractivity contribution in [3.63, 3.8) is 0 Å². The Balaban J connectivity index is 1.38. The van der Waals surface area contributed by atoms with Crippen molar-refractivity contribution >= 4 is 33.2 Å². The predicted molar refractivity (Wildman–Crippen MR) is 135 cm³/mol. The number of piperidine rings is 1. The van der Waals surface area contributed by atoms with Crippen molar-refractivity contribution in [1.29, 1.82) is 0 Å². The van der Waals surface area contributed by atoms with Gasteiger partial charge >= 0.3 is 0 Å². The highest BCUT2D eigenvalue weighted by Gasteiger charge is 2.22. The second kappa shape index (κ2) is 11.1. The number of likely N-dealkylation sites (tertiary alicyclic amines) is 2. The number of anilines is 1. The second-order valence-electron chi connectivity index (χ2n) is 9.31. The van der Waals surface area contributed by atoms with Gasteiger partial charge in [-0.15, -0.1) is 0 Å². The van der Waals surface area contributed by atoms with Crippen LogP contribution in [0.3, 0.4) is 0 Å². The standard InChI is InChI=1S/C25H33ClN4O3S/c1-29-12-4-6-19(17-29)15-28-34(32,33)22-10-11-24(23(26)14-22)27-16-20-7-2-3-8-21(20)18-30-13-5-9-25(30)31/h2-3,7-8,10-11,14,19,27-28H,4-6,9,12-13,15-18H2,1H3. The molecule has 1 amide bonds. The largest absolute Gasteiger partial charge is 0.380 e. The zero-order valence-electron chi connectivity index (χ0n) is 19.6. The van der Waals surface area contributed by atoms with Crippen LogP contribution in [0, 0.1) is 5.92 Å². The molecule has 2 aromatic carbocycles. The van der Waals surface area contributed by atoms with Crippen LogP contribution in [0.15, 0.2) is 47.4 Å². The average Bonchev–Trinajstić information content (AvgIpc) is 3.22. The van der Waals surface area contributed by atoms with E-state index in [1.165, 1.54) is 6.07 Å². The number of amides is 1.